The van der Waals surface area contributed by atoms with Crippen molar-refractivity contribution in [3.63, 3.8) is 0 Å². The summed E-state index contributed by atoms with van der Waals surface area (Å²) in [6, 6.07) is 7.22. The van der Waals surface area contributed by atoms with Crippen LogP contribution in [0, 0.1) is 5.92 Å². The molecule has 2 rings (SSSR count). The summed E-state index contributed by atoms with van der Waals surface area (Å²) in [6.07, 6.45) is 4.62. The molecule has 0 bridgehead atoms. The summed E-state index contributed by atoms with van der Waals surface area (Å²) in [6.45, 7) is 3.06. The van der Waals surface area contributed by atoms with Gasteiger partial charge in [0.05, 0.1) is 4.90 Å². The van der Waals surface area contributed by atoms with Gasteiger partial charge in [-0.25, -0.2) is 13.1 Å². The van der Waals surface area contributed by atoms with Crippen LogP contribution < -0.4 is 15.8 Å². The van der Waals surface area contributed by atoms with E-state index >= 15 is 0 Å². The molecule has 1 aliphatic rings. The standard InChI is InChI=1S/C15H25N3O2S/c1-2-18-21(19,20)15-8-6-14(7-9-15)17-11-12-4-3-5-13(16)10-12/h6-9,12-13,17-18H,2-5,10-11,16H2,1H3. The van der Waals surface area contributed by atoms with Crippen molar-refractivity contribution in [2.24, 2.45) is 11.7 Å². The lowest BCUT2D eigenvalue weighted by molar-refractivity contribution is 0.335. The number of hydrogen-bond donors (Lipinski definition) is 3. The van der Waals surface area contributed by atoms with Gasteiger partial charge in [0.2, 0.25) is 10.0 Å². The zero-order valence-electron chi connectivity index (χ0n) is 12.5. The highest BCUT2D eigenvalue weighted by Gasteiger charge is 2.19. The summed E-state index contributed by atoms with van der Waals surface area (Å²) in [5.74, 6) is 0.610. The average Bonchev–Trinajstić information content (AvgIpc) is 2.46. The van der Waals surface area contributed by atoms with Crippen molar-refractivity contribution in [2.45, 2.75) is 43.5 Å². The predicted molar refractivity (Wildman–Crippen MR) is 85.7 cm³/mol. The summed E-state index contributed by atoms with van der Waals surface area (Å²) in [4.78, 5) is 0.301. The number of anilines is 1. The molecule has 1 aromatic rings. The number of sulfonamides is 1. The van der Waals surface area contributed by atoms with Crippen LogP contribution in [0.2, 0.25) is 0 Å². The molecular formula is C15H25N3O2S. The van der Waals surface area contributed by atoms with E-state index in [4.69, 9.17) is 5.73 Å². The van der Waals surface area contributed by atoms with E-state index in [1.165, 1.54) is 12.8 Å². The summed E-state index contributed by atoms with van der Waals surface area (Å²) in [5.41, 5.74) is 6.94. The first-order valence-electron chi connectivity index (χ1n) is 7.60. The zero-order valence-corrected chi connectivity index (χ0v) is 13.3. The van der Waals surface area contributed by atoms with Gasteiger partial charge in [-0.05, 0) is 49.4 Å². The Balaban J connectivity index is 1.90. The highest BCUT2D eigenvalue weighted by atomic mass is 32.2. The van der Waals surface area contributed by atoms with Crippen molar-refractivity contribution in [3.8, 4) is 0 Å². The van der Waals surface area contributed by atoms with Crippen LogP contribution in [-0.4, -0.2) is 27.5 Å². The summed E-state index contributed by atoms with van der Waals surface area (Å²) in [5, 5.41) is 3.37. The van der Waals surface area contributed by atoms with E-state index in [0.717, 1.165) is 25.1 Å². The van der Waals surface area contributed by atoms with E-state index in [0.29, 0.717) is 23.4 Å². The van der Waals surface area contributed by atoms with E-state index in [2.05, 4.69) is 10.0 Å². The quantitative estimate of drug-likeness (QED) is 0.749. The second-order valence-electron chi connectivity index (χ2n) is 5.70. The van der Waals surface area contributed by atoms with Crippen molar-refractivity contribution >= 4 is 15.7 Å². The highest BCUT2D eigenvalue weighted by molar-refractivity contribution is 7.89. The molecule has 5 nitrogen and oxygen atoms in total. The largest absolute Gasteiger partial charge is 0.385 e. The maximum Gasteiger partial charge on any atom is 0.240 e. The van der Waals surface area contributed by atoms with Gasteiger partial charge in [0.25, 0.3) is 0 Å². The lowest BCUT2D eigenvalue weighted by atomic mass is 9.86. The molecule has 4 N–H and O–H groups in total. The van der Waals surface area contributed by atoms with Gasteiger partial charge in [0.1, 0.15) is 0 Å². The van der Waals surface area contributed by atoms with Gasteiger partial charge in [0, 0.05) is 24.8 Å². The number of nitrogens with two attached hydrogens (primary N) is 1. The molecule has 2 atom stereocenters. The highest BCUT2D eigenvalue weighted by Crippen LogP contribution is 2.23. The van der Waals surface area contributed by atoms with Crippen LogP contribution in [-0.2, 0) is 10.0 Å². The van der Waals surface area contributed by atoms with Crippen LogP contribution in [0.3, 0.4) is 0 Å². The van der Waals surface area contributed by atoms with Gasteiger partial charge >= 0.3 is 0 Å². The van der Waals surface area contributed by atoms with E-state index in [-0.39, 0.29) is 0 Å². The first-order chi connectivity index (χ1) is 10.0. The lowest BCUT2D eigenvalue weighted by Crippen LogP contribution is -2.30. The van der Waals surface area contributed by atoms with Crippen LogP contribution in [0.15, 0.2) is 29.2 Å². The molecule has 118 valence electrons. The Morgan fingerprint density at radius 2 is 1.95 bits per heavy atom. The fourth-order valence-corrected chi connectivity index (χ4v) is 3.85. The van der Waals surface area contributed by atoms with Gasteiger partial charge in [0.15, 0.2) is 0 Å². The molecule has 1 aromatic carbocycles. The first-order valence-corrected chi connectivity index (χ1v) is 9.08. The van der Waals surface area contributed by atoms with E-state index < -0.39 is 10.0 Å². The van der Waals surface area contributed by atoms with Crippen molar-refractivity contribution < 1.29 is 8.42 Å². The molecule has 0 aliphatic heterocycles. The molecule has 21 heavy (non-hydrogen) atoms. The molecule has 0 amide bonds. The van der Waals surface area contributed by atoms with Gasteiger partial charge in [-0.1, -0.05) is 13.3 Å². The Morgan fingerprint density at radius 3 is 2.57 bits per heavy atom. The number of rotatable bonds is 6. The van der Waals surface area contributed by atoms with Crippen LogP contribution in [0.1, 0.15) is 32.6 Å². The van der Waals surface area contributed by atoms with Crippen LogP contribution in [0.25, 0.3) is 0 Å². The fraction of sp³-hybridized carbons (Fsp3) is 0.600. The van der Waals surface area contributed by atoms with Gasteiger partial charge < -0.3 is 11.1 Å². The van der Waals surface area contributed by atoms with Crippen LogP contribution >= 0.6 is 0 Å². The van der Waals surface area contributed by atoms with E-state index in [1.807, 2.05) is 12.1 Å². The summed E-state index contributed by atoms with van der Waals surface area (Å²) >= 11 is 0. The second kappa shape index (κ2) is 7.24. The van der Waals surface area contributed by atoms with Crippen molar-refractivity contribution in [3.05, 3.63) is 24.3 Å². The van der Waals surface area contributed by atoms with Crippen LogP contribution in [0.4, 0.5) is 5.69 Å². The number of nitrogens with one attached hydrogen (secondary N) is 2. The average molecular weight is 311 g/mol. The molecule has 0 spiro atoms. The maximum absolute atomic E-state index is 11.8. The van der Waals surface area contributed by atoms with Crippen molar-refractivity contribution in [2.75, 3.05) is 18.4 Å². The second-order valence-corrected chi connectivity index (χ2v) is 7.47. The first kappa shape index (κ1) is 16.3. The summed E-state index contributed by atoms with van der Waals surface area (Å²) < 4.78 is 26.2. The minimum absolute atomic E-state index is 0.301. The summed E-state index contributed by atoms with van der Waals surface area (Å²) in [7, 11) is -3.36. The molecule has 1 aliphatic carbocycles. The lowest BCUT2D eigenvalue weighted by Gasteiger charge is -2.27. The van der Waals surface area contributed by atoms with E-state index in [9.17, 15) is 8.42 Å². The maximum atomic E-state index is 11.8. The van der Waals surface area contributed by atoms with E-state index in [1.54, 1.807) is 19.1 Å². The minimum atomic E-state index is -3.36. The van der Waals surface area contributed by atoms with Crippen molar-refractivity contribution in [1.29, 1.82) is 0 Å². The minimum Gasteiger partial charge on any atom is -0.385 e. The molecule has 0 radical (unpaired) electrons. The molecule has 0 saturated heterocycles. The smallest absolute Gasteiger partial charge is 0.240 e. The number of hydrogen-bond acceptors (Lipinski definition) is 4. The predicted octanol–water partition coefficient (Wildman–Crippen LogP) is 1.91. The molecule has 0 heterocycles. The Hall–Kier alpha value is -1.11. The molecule has 1 fully saturated rings. The number of benzene rings is 1. The Kier molecular flexibility index (Phi) is 5.61. The Morgan fingerprint density at radius 1 is 1.24 bits per heavy atom. The fourth-order valence-electron chi connectivity index (χ4n) is 2.81. The Bertz CT molecular complexity index is 543. The topological polar surface area (TPSA) is 84.2 Å². The molecule has 1 saturated carbocycles. The van der Waals surface area contributed by atoms with Crippen LogP contribution in [0.5, 0.6) is 0 Å². The third-order valence-corrected chi connectivity index (χ3v) is 5.48. The zero-order chi connectivity index (χ0) is 15.3. The monoisotopic (exact) mass is 311 g/mol. The molecular weight excluding hydrogens is 286 g/mol. The SMILES string of the molecule is CCNS(=O)(=O)c1ccc(NCC2CCCC(N)C2)cc1. The van der Waals surface area contributed by atoms with Gasteiger partial charge in [-0.15, -0.1) is 0 Å². The molecule has 0 aromatic heterocycles. The third kappa shape index (κ3) is 4.69. The van der Waals surface area contributed by atoms with Crippen molar-refractivity contribution in [1.82, 2.24) is 4.72 Å². The van der Waals surface area contributed by atoms with Gasteiger partial charge in [-0.3, -0.25) is 0 Å². The molecule has 2 unspecified atom stereocenters. The third-order valence-electron chi connectivity index (χ3n) is 3.92. The Labute approximate surface area is 127 Å². The molecule has 6 heteroatoms. The normalized spacial score (nSPS) is 23.0. The van der Waals surface area contributed by atoms with Gasteiger partial charge in [-0.2, -0.15) is 0 Å².